The molecule has 0 spiro atoms. The van der Waals surface area contributed by atoms with E-state index in [0.717, 1.165) is 17.7 Å². The molecule has 0 bridgehead atoms. The molecule has 0 saturated carbocycles. The lowest BCUT2D eigenvalue weighted by molar-refractivity contribution is 0.408. The Bertz CT molecular complexity index is 365. The van der Waals surface area contributed by atoms with Crippen LogP contribution in [0.25, 0.3) is 0 Å². The van der Waals surface area contributed by atoms with Crippen molar-refractivity contribution in [2.24, 2.45) is 5.73 Å². The van der Waals surface area contributed by atoms with Crippen molar-refractivity contribution in [1.82, 2.24) is 0 Å². The maximum atomic E-state index is 6.20. The second-order valence-electron chi connectivity index (χ2n) is 4.53. The van der Waals surface area contributed by atoms with Crippen molar-refractivity contribution in [3.8, 4) is 5.75 Å². The Morgan fingerprint density at radius 3 is 2.29 bits per heavy atom. The molecule has 0 aliphatic heterocycles. The molecule has 2 nitrogen and oxygen atoms in total. The van der Waals surface area contributed by atoms with Gasteiger partial charge in [-0.05, 0) is 36.5 Å². The first kappa shape index (κ1) is 16.6. The largest absolute Gasteiger partial charge is 0.495 e. The molecule has 1 aromatic rings. The van der Waals surface area contributed by atoms with E-state index in [9.17, 15) is 0 Å². The highest BCUT2D eigenvalue weighted by Crippen LogP contribution is 2.33. The smallest absolute Gasteiger partial charge is 0.140 e. The first-order valence-corrected chi connectivity index (χ1v) is 5.95. The lowest BCUT2D eigenvalue weighted by Crippen LogP contribution is -2.18. The fraction of sp³-hybridized carbons (Fsp3) is 0.538. The Labute approximate surface area is 115 Å². The molecule has 1 rings (SSSR count). The maximum Gasteiger partial charge on any atom is 0.140 e. The average Bonchev–Trinajstić information content (AvgIpc) is 2.16. The van der Waals surface area contributed by atoms with Crippen LogP contribution in [0.5, 0.6) is 5.75 Å². The van der Waals surface area contributed by atoms with Crippen LogP contribution in [-0.2, 0) is 6.42 Å². The van der Waals surface area contributed by atoms with Crippen LogP contribution in [0.3, 0.4) is 0 Å². The first-order valence-electron chi connectivity index (χ1n) is 5.57. The topological polar surface area (TPSA) is 35.2 Å². The molecular formula is C13H21Cl2NO. The Kier molecular flexibility index (Phi) is 6.91. The summed E-state index contributed by atoms with van der Waals surface area (Å²) in [5, 5.41) is 0.671. The van der Waals surface area contributed by atoms with Crippen LogP contribution in [0.4, 0.5) is 0 Å². The standard InChI is InChI=1S/C13H20ClNO.ClH/c1-8(2)10-6-11(5-9(3)15)13(16-4)12(14)7-10;/h6-9H,5,15H2,1-4H3;1H. The third kappa shape index (κ3) is 4.38. The molecule has 2 N–H and O–H groups in total. The summed E-state index contributed by atoms with van der Waals surface area (Å²) < 4.78 is 5.32. The summed E-state index contributed by atoms with van der Waals surface area (Å²) in [6.07, 6.45) is 0.781. The minimum Gasteiger partial charge on any atom is -0.495 e. The van der Waals surface area contributed by atoms with Crippen molar-refractivity contribution < 1.29 is 4.74 Å². The maximum absolute atomic E-state index is 6.20. The van der Waals surface area contributed by atoms with Crippen LogP contribution in [0.2, 0.25) is 5.02 Å². The third-order valence-corrected chi connectivity index (χ3v) is 2.84. The third-order valence-electron chi connectivity index (χ3n) is 2.56. The van der Waals surface area contributed by atoms with Gasteiger partial charge in [0.2, 0.25) is 0 Å². The highest BCUT2D eigenvalue weighted by molar-refractivity contribution is 6.32. The molecule has 17 heavy (non-hydrogen) atoms. The number of rotatable bonds is 4. The van der Waals surface area contributed by atoms with Crippen LogP contribution in [0.15, 0.2) is 12.1 Å². The zero-order valence-corrected chi connectivity index (χ0v) is 12.4. The van der Waals surface area contributed by atoms with Gasteiger partial charge in [-0.2, -0.15) is 0 Å². The number of hydrogen-bond donors (Lipinski definition) is 1. The minimum absolute atomic E-state index is 0. The van der Waals surface area contributed by atoms with Crippen molar-refractivity contribution in [2.75, 3.05) is 7.11 Å². The molecule has 0 aliphatic rings. The van der Waals surface area contributed by atoms with E-state index in [1.54, 1.807) is 7.11 Å². The number of benzene rings is 1. The Morgan fingerprint density at radius 1 is 1.29 bits per heavy atom. The molecule has 0 heterocycles. The molecule has 1 aromatic carbocycles. The lowest BCUT2D eigenvalue weighted by atomic mass is 9.97. The van der Waals surface area contributed by atoms with Crippen molar-refractivity contribution in [3.63, 3.8) is 0 Å². The van der Waals surface area contributed by atoms with Crippen LogP contribution in [0, 0.1) is 0 Å². The Morgan fingerprint density at radius 2 is 1.88 bits per heavy atom. The summed E-state index contributed by atoms with van der Waals surface area (Å²) >= 11 is 6.20. The number of halogens is 2. The molecule has 0 saturated heterocycles. The molecular weight excluding hydrogens is 257 g/mol. The zero-order valence-electron chi connectivity index (χ0n) is 10.8. The number of hydrogen-bond acceptors (Lipinski definition) is 2. The van der Waals surface area contributed by atoms with Gasteiger partial charge in [-0.25, -0.2) is 0 Å². The predicted octanol–water partition coefficient (Wildman–Crippen LogP) is 3.78. The van der Waals surface area contributed by atoms with E-state index in [2.05, 4.69) is 19.9 Å². The lowest BCUT2D eigenvalue weighted by Gasteiger charge is -2.16. The fourth-order valence-corrected chi connectivity index (χ4v) is 2.06. The molecule has 0 aromatic heterocycles. The Balaban J connectivity index is 0.00000256. The van der Waals surface area contributed by atoms with Gasteiger partial charge in [0.15, 0.2) is 0 Å². The SMILES string of the molecule is COc1c(Cl)cc(C(C)C)cc1CC(C)N.Cl. The second-order valence-corrected chi connectivity index (χ2v) is 4.94. The van der Waals surface area contributed by atoms with Crippen LogP contribution in [0.1, 0.15) is 37.8 Å². The average molecular weight is 278 g/mol. The van der Waals surface area contributed by atoms with E-state index in [4.69, 9.17) is 22.1 Å². The minimum atomic E-state index is 0. The van der Waals surface area contributed by atoms with Gasteiger partial charge in [0.25, 0.3) is 0 Å². The van der Waals surface area contributed by atoms with Gasteiger partial charge in [0, 0.05) is 6.04 Å². The summed E-state index contributed by atoms with van der Waals surface area (Å²) in [4.78, 5) is 0. The predicted molar refractivity (Wildman–Crippen MR) is 76.7 cm³/mol. The van der Waals surface area contributed by atoms with Gasteiger partial charge in [0.05, 0.1) is 12.1 Å². The van der Waals surface area contributed by atoms with E-state index in [1.807, 2.05) is 13.0 Å². The highest BCUT2D eigenvalue weighted by Gasteiger charge is 2.13. The van der Waals surface area contributed by atoms with Crippen molar-refractivity contribution in [3.05, 3.63) is 28.3 Å². The molecule has 0 amide bonds. The first-order chi connectivity index (χ1) is 7.45. The zero-order chi connectivity index (χ0) is 12.3. The number of methoxy groups -OCH3 is 1. The van der Waals surface area contributed by atoms with E-state index in [-0.39, 0.29) is 18.4 Å². The van der Waals surface area contributed by atoms with Gasteiger partial charge in [-0.3, -0.25) is 0 Å². The summed E-state index contributed by atoms with van der Waals surface area (Å²) in [5.74, 6) is 1.21. The van der Waals surface area contributed by atoms with Gasteiger partial charge < -0.3 is 10.5 Å². The van der Waals surface area contributed by atoms with Crippen LogP contribution < -0.4 is 10.5 Å². The Hall–Kier alpha value is -0.440. The summed E-state index contributed by atoms with van der Waals surface area (Å²) in [5.41, 5.74) is 8.14. The van der Waals surface area contributed by atoms with E-state index >= 15 is 0 Å². The van der Waals surface area contributed by atoms with Crippen molar-refractivity contribution in [1.29, 1.82) is 0 Å². The van der Waals surface area contributed by atoms with Gasteiger partial charge in [-0.15, -0.1) is 12.4 Å². The summed E-state index contributed by atoms with van der Waals surface area (Å²) in [7, 11) is 1.64. The molecule has 1 unspecified atom stereocenters. The second kappa shape index (κ2) is 7.10. The monoisotopic (exact) mass is 277 g/mol. The van der Waals surface area contributed by atoms with E-state index in [0.29, 0.717) is 10.9 Å². The summed E-state index contributed by atoms with van der Waals surface area (Å²) in [6.45, 7) is 6.27. The van der Waals surface area contributed by atoms with Crippen molar-refractivity contribution in [2.45, 2.75) is 39.2 Å². The molecule has 4 heteroatoms. The van der Waals surface area contributed by atoms with E-state index < -0.39 is 0 Å². The quantitative estimate of drug-likeness (QED) is 0.909. The summed E-state index contributed by atoms with van der Waals surface area (Å²) in [6, 6.07) is 4.21. The van der Waals surface area contributed by atoms with Crippen LogP contribution >= 0.6 is 24.0 Å². The number of ether oxygens (including phenoxy) is 1. The molecule has 0 fully saturated rings. The fourth-order valence-electron chi connectivity index (χ4n) is 1.73. The molecule has 98 valence electrons. The van der Waals surface area contributed by atoms with E-state index in [1.165, 1.54) is 5.56 Å². The van der Waals surface area contributed by atoms with Crippen molar-refractivity contribution >= 4 is 24.0 Å². The van der Waals surface area contributed by atoms with Gasteiger partial charge in [-0.1, -0.05) is 31.5 Å². The number of nitrogens with two attached hydrogens (primary N) is 1. The van der Waals surface area contributed by atoms with Gasteiger partial charge in [0.1, 0.15) is 5.75 Å². The molecule has 0 aliphatic carbocycles. The van der Waals surface area contributed by atoms with Gasteiger partial charge >= 0.3 is 0 Å². The highest BCUT2D eigenvalue weighted by atomic mass is 35.5. The molecule has 0 radical (unpaired) electrons. The normalized spacial score (nSPS) is 12.2. The molecule has 1 atom stereocenters. The van der Waals surface area contributed by atoms with Crippen LogP contribution in [-0.4, -0.2) is 13.2 Å².